The molecule has 2 rings (SSSR count). The number of nitrogens with one attached hydrogen (secondary N) is 1. The standard InChI is InChI=1S/C13H14BrNO3/c1-8(12(16)15-9-6-7-9)18-13(17)10-4-2-3-5-11(10)14/h2-5,8-9H,6-7H2,1H3,(H,15,16)/t8-/m0/s1. The maximum Gasteiger partial charge on any atom is 0.340 e. The fourth-order valence-electron chi connectivity index (χ4n) is 1.45. The maximum atomic E-state index is 11.8. The number of esters is 1. The van der Waals surface area contributed by atoms with Crippen LogP contribution in [0.25, 0.3) is 0 Å². The molecule has 1 aromatic carbocycles. The molecule has 0 aliphatic heterocycles. The first kappa shape index (κ1) is 13.1. The second kappa shape index (κ2) is 5.52. The fourth-order valence-corrected chi connectivity index (χ4v) is 1.90. The van der Waals surface area contributed by atoms with E-state index in [9.17, 15) is 9.59 Å². The van der Waals surface area contributed by atoms with Gasteiger partial charge in [0.05, 0.1) is 5.56 Å². The number of carbonyl (C=O) groups is 2. The van der Waals surface area contributed by atoms with E-state index >= 15 is 0 Å². The highest BCUT2D eigenvalue weighted by molar-refractivity contribution is 9.10. The number of amides is 1. The summed E-state index contributed by atoms with van der Waals surface area (Å²) in [6, 6.07) is 7.23. The van der Waals surface area contributed by atoms with E-state index in [2.05, 4.69) is 21.2 Å². The van der Waals surface area contributed by atoms with Gasteiger partial charge in [0, 0.05) is 10.5 Å². The Hall–Kier alpha value is -1.36. The zero-order chi connectivity index (χ0) is 13.1. The summed E-state index contributed by atoms with van der Waals surface area (Å²) < 4.78 is 5.78. The Labute approximate surface area is 114 Å². The fraction of sp³-hybridized carbons (Fsp3) is 0.385. The highest BCUT2D eigenvalue weighted by atomic mass is 79.9. The number of rotatable bonds is 4. The predicted molar refractivity (Wildman–Crippen MR) is 70.2 cm³/mol. The molecule has 0 unspecified atom stereocenters. The molecule has 96 valence electrons. The van der Waals surface area contributed by atoms with Gasteiger partial charge in [0.25, 0.3) is 5.91 Å². The molecule has 1 saturated carbocycles. The molecule has 5 heteroatoms. The Morgan fingerprint density at radius 3 is 2.67 bits per heavy atom. The average molecular weight is 312 g/mol. The van der Waals surface area contributed by atoms with Gasteiger partial charge in [-0.2, -0.15) is 0 Å². The molecule has 0 heterocycles. The molecule has 0 saturated heterocycles. The largest absolute Gasteiger partial charge is 0.449 e. The van der Waals surface area contributed by atoms with E-state index in [1.807, 2.05) is 6.07 Å². The first-order valence-corrected chi connectivity index (χ1v) is 6.63. The first-order valence-electron chi connectivity index (χ1n) is 5.84. The number of benzene rings is 1. The van der Waals surface area contributed by atoms with Crippen molar-refractivity contribution in [3.05, 3.63) is 34.3 Å². The Bertz CT molecular complexity index is 471. The first-order chi connectivity index (χ1) is 8.58. The topological polar surface area (TPSA) is 55.4 Å². The number of hydrogen-bond acceptors (Lipinski definition) is 3. The van der Waals surface area contributed by atoms with Gasteiger partial charge in [0.15, 0.2) is 6.10 Å². The Morgan fingerprint density at radius 2 is 2.06 bits per heavy atom. The SMILES string of the molecule is C[C@H](OC(=O)c1ccccc1Br)C(=O)NC1CC1. The van der Waals surface area contributed by atoms with E-state index in [-0.39, 0.29) is 11.9 Å². The lowest BCUT2D eigenvalue weighted by atomic mass is 10.2. The van der Waals surface area contributed by atoms with Gasteiger partial charge in [-0.1, -0.05) is 12.1 Å². The monoisotopic (exact) mass is 311 g/mol. The zero-order valence-corrected chi connectivity index (χ0v) is 11.6. The van der Waals surface area contributed by atoms with Gasteiger partial charge >= 0.3 is 5.97 Å². The van der Waals surface area contributed by atoms with Crippen LogP contribution in [-0.2, 0) is 9.53 Å². The highest BCUT2D eigenvalue weighted by Crippen LogP contribution is 2.20. The van der Waals surface area contributed by atoms with Crippen LogP contribution in [0.5, 0.6) is 0 Å². The number of carbonyl (C=O) groups excluding carboxylic acids is 2. The van der Waals surface area contributed by atoms with Crippen molar-refractivity contribution in [2.45, 2.75) is 31.9 Å². The second-order valence-electron chi connectivity index (χ2n) is 4.31. The molecule has 4 nitrogen and oxygen atoms in total. The lowest BCUT2D eigenvalue weighted by Gasteiger charge is -2.13. The van der Waals surface area contributed by atoms with Gasteiger partial charge < -0.3 is 10.1 Å². The number of halogens is 1. The van der Waals surface area contributed by atoms with Crippen LogP contribution in [0, 0.1) is 0 Å². The van der Waals surface area contributed by atoms with Crippen LogP contribution in [0.4, 0.5) is 0 Å². The minimum atomic E-state index is -0.773. The third-order valence-corrected chi connectivity index (χ3v) is 3.36. The molecule has 1 atom stereocenters. The van der Waals surface area contributed by atoms with E-state index in [1.165, 1.54) is 0 Å². The molecule has 1 fully saturated rings. The van der Waals surface area contributed by atoms with Gasteiger partial charge in [-0.3, -0.25) is 4.79 Å². The molecule has 18 heavy (non-hydrogen) atoms. The molecule has 0 spiro atoms. The van der Waals surface area contributed by atoms with Crippen LogP contribution in [0.15, 0.2) is 28.7 Å². The molecule has 1 N–H and O–H groups in total. The molecule has 1 aromatic rings. The molecule has 0 bridgehead atoms. The molecule has 1 amide bonds. The van der Waals surface area contributed by atoms with Crippen LogP contribution < -0.4 is 5.32 Å². The Morgan fingerprint density at radius 1 is 1.39 bits per heavy atom. The summed E-state index contributed by atoms with van der Waals surface area (Å²) in [4.78, 5) is 23.5. The summed E-state index contributed by atoms with van der Waals surface area (Å²) in [6.07, 6.45) is 1.25. The van der Waals surface area contributed by atoms with Crippen molar-refractivity contribution in [3.63, 3.8) is 0 Å². The normalized spacial score (nSPS) is 15.9. The van der Waals surface area contributed by atoms with Crippen molar-refractivity contribution in [2.75, 3.05) is 0 Å². The van der Waals surface area contributed by atoms with Gasteiger partial charge in [-0.25, -0.2) is 4.79 Å². The smallest absolute Gasteiger partial charge is 0.340 e. The average Bonchev–Trinajstić information content (AvgIpc) is 3.13. The lowest BCUT2D eigenvalue weighted by molar-refractivity contribution is -0.129. The molecule has 0 aromatic heterocycles. The number of hydrogen-bond donors (Lipinski definition) is 1. The van der Waals surface area contributed by atoms with Crippen molar-refractivity contribution >= 4 is 27.8 Å². The molecule has 0 radical (unpaired) electrons. The van der Waals surface area contributed by atoms with Crippen LogP contribution >= 0.6 is 15.9 Å². The Kier molecular flexibility index (Phi) is 4.01. The Balaban J connectivity index is 1.94. The van der Waals surface area contributed by atoms with Gasteiger partial charge in [-0.05, 0) is 47.8 Å². The van der Waals surface area contributed by atoms with Crippen molar-refractivity contribution < 1.29 is 14.3 Å². The number of ether oxygens (including phenoxy) is 1. The maximum absolute atomic E-state index is 11.8. The van der Waals surface area contributed by atoms with Crippen molar-refractivity contribution in [1.82, 2.24) is 5.32 Å². The van der Waals surface area contributed by atoms with E-state index in [0.29, 0.717) is 10.0 Å². The van der Waals surface area contributed by atoms with Crippen molar-refractivity contribution in [2.24, 2.45) is 0 Å². The van der Waals surface area contributed by atoms with Gasteiger partial charge in [0.2, 0.25) is 0 Å². The second-order valence-corrected chi connectivity index (χ2v) is 5.16. The molecule has 1 aliphatic carbocycles. The third kappa shape index (κ3) is 3.32. The van der Waals surface area contributed by atoms with Gasteiger partial charge in [-0.15, -0.1) is 0 Å². The molecular formula is C13H14BrNO3. The predicted octanol–water partition coefficient (Wildman–Crippen LogP) is 2.27. The third-order valence-electron chi connectivity index (χ3n) is 2.67. The zero-order valence-electron chi connectivity index (χ0n) is 9.98. The van der Waals surface area contributed by atoms with E-state index in [4.69, 9.17) is 4.74 Å². The summed E-state index contributed by atoms with van der Waals surface area (Å²) in [5.41, 5.74) is 0.420. The van der Waals surface area contributed by atoms with Crippen molar-refractivity contribution in [3.8, 4) is 0 Å². The van der Waals surface area contributed by atoms with Crippen LogP contribution in [0.1, 0.15) is 30.1 Å². The minimum absolute atomic E-state index is 0.238. The summed E-state index contributed by atoms with van der Waals surface area (Å²) in [5, 5.41) is 2.80. The summed E-state index contributed by atoms with van der Waals surface area (Å²) >= 11 is 3.27. The van der Waals surface area contributed by atoms with Crippen LogP contribution in [0.2, 0.25) is 0 Å². The van der Waals surface area contributed by atoms with Crippen molar-refractivity contribution in [1.29, 1.82) is 0 Å². The van der Waals surface area contributed by atoms with Gasteiger partial charge in [0.1, 0.15) is 0 Å². The quantitative estimate of drug-likeness (QED) is 0.868. The summed E-state index contributed by atoms with van der Waals surface area (Å²) in [5.74, 6) is -0.737. The molecular weight excluding hydrogens is 298 g/mol. The summed E-state index contributed by atoms with van der Waals surface area (Å²) in [6.45, 7) is 1.58. The minimum Gasteiger partial charge on any atom is -0.449 e. The highest BCUT2D eigenvalue weighted by Gasteiger charge is 2.27. The van der Waals surface area contributed by atoms with E-state index in [0.717, 1.165) is 12.8 Å². The van der Waals surface area contributed by atoms with Crippen LogP contribution in [-0.4, -0.2) is 24.0 Å². The summed E-state index contributed by atoms with van der Waals surface area (Å²) in [7, 11) is 0. The van der Waals surface area contributed by atoms with E-state index in [1.54, 1.807) is 25.1 Å². The van der Waals surface area contributed by atoms with E-state index < -0.39 is 12.1 Å². The van der Waals surface area contributed by atoms with Crippen LogP contribution in [0.3, 0.4) is 0 Å². The lowest BCUT2D eigenvalue weighted by Crippen LogP contribution is -2.37. The molecule has 1 aliphatic rings.